The lowest BCUT2D eigenvalue weighted by Gasteiger charge is -2.06. The molecule has 0 saturated heterocycles. The molecule has 0 aromatic carbocycles. The van der Waals surface area contributed by atoms with Crippen molar-refractivity contribution in [2.75, 3.05) is 6.61 Å². The molecule has 0 saturated carbocycles. The Morgan fingerprint density at radius 3 is 2.71 bits per heavy atom. The lowest BCUT2D eigenvalue weighted by atomic mass is 10.2. The number of rotatable bonds is 8. The number of carbonyl (C=O) groups excluding carboxylic acids is 1. The number of nitrogens with two attached hydrogens (primary N) is 1. The van der Waals surface area contributed by atoms with Crippen molar-refractivity contribution in [2.45, 2.75) is 32.7 Å². The summed E-state index contributed by atoms with van der Waals surface area (Å²) in [5.74, 6) is -1.58. The van der Waals surface area contributed by atoms with Crippen LogP contribution in [0.25, 0.3) is 6.08 Å². The smallest absolute Gasteiger partial charge is 0.324 e. The summed E-state index contributed by atoms with van der Waals surface area (Å²) in [6.45, 7) is 3.56. The summed E-state index contributed by atoms with van der Waals surface area (Å²) in [5, 5.41) is 17.2. The van der Waals surface area contributed by atoms with E-state index in [-0.39, 0.29) is 6.61 Å². The molecule has 1 aromatic rings. The highest BCUT2D eigenvalue weighted by molar-refractivity contribution is 7.10. The molecule has 0 aliphatic carbocycles. The molecule has 1 heterocycles. The summed E-state index contributed by atoms with van der Waals surface area (Å²) in [7, 11) is 0. The van der Waals surface area contributed by atoms with Crippen molar-refractivity contribution in [3.63, 3.8) is 0 Å². The lowest BCUT2D eigenvalue weighted by molar-refractivity contribution is -0.147. The van der Waals surface area contributed by atoms with E-state index >= 15 is 0 Å². The topological polar surface area (TPSA) is 113 Å². The van der Waals surface area contributed by atoms with E-state index in [2.05, 4.69) is 22.3 Å². The molecular weight excluding hydrogens is 328 g/mol. The Bertz CT molecular complexity index is 565. The minimum atomic E-state index is -1.17. The molecule has 0 amide bonds. The quantitative estimate of drug-likeness (QED) is 0.378. The first kappa shape index (κ1) is 21.8. The van der Waals surface area contributed by atoms with E-state index in [1.54, 1.807) is 17.4 Å². The van der Waals surface area contributed by atoms with E-state index in [1.165, 1.54) is 11.1 Å². The maximum absolute atomic E-state index is 10.7. The molecule has 0 spiro atoms. The van der Waals surface area contributed by atoms with E-state index in [0.717, 1.165) is 5.57 Å². The molecule has 1 rings (SSSR count). The fourth-order valence-corrected chi connectivity index (χ4v) is 1.93. The minimum Gasteiger partial charge on any atom is -0.480 e. The zero-order valence-electron chi connectivity index (χ0n) is 13.9. The average molecular weight is 352 g/mol. The van der Waals surface area contributed by atoms with Crippen LogP contribution in [-0.4, -0.2) is 35.9 Å². The Morgan fingerprint density at radius 1 is 1.50 bits per heavy atom. The van der Waals surface area contributed by atoms with Crippen LogP contribution in [0.2, 0.25) is 0 Å². The van der Waals surface area contributed by atoms with E-state index in [1.807, 2.05) is 26.0 Å². The summed E-state index contributed by atoms with van der Waals surface area (Å²) in [4.78, 5) is 22.1. The van der Waals surface area contributed by atoms with Gasteiger partial charge in [-0.15, -0.1) is 11.3 Å². The molecular formula is C17H24N2O4S. The first-order chi connectivity index (χ1) is 11.4. The molecule has 7 heteroatoms. The van der Waals surface area contributed by atoms with E-state index in [9.17, 15) is 9.59 Å². The molecule has 0 aliphatic rings. The fourth-order valence-electron chi connectivity index (χ4n) is 1.32. The van der Waals surface area contributed by atoms with E-state index in [4.69, 9.17) is 16.2 Å². The number of carboxylic acid groups (broad SMARTS) is 1. The van der Waals surface area contributed by atoms with Gasteiger partial charge in [0.25, 0.3) is 0 Å². The highest BCUT2D eigenvalue weighted by Crippen LogP contribution is 2.11. The van der Waals surface area contributed by atoms with Crippen LogP contribution < -0.4 is 5.73 Å². The molecule has 4 N–H and O–H groups in total. The van der Waals surface area contributed by atoms with E-state index < -0.39 is 18.0 Å². The second-order valence-corrected chi connectivity index (χ2v) is 5.78. The maximum atomic E-state index is 10.7. The predicted octanol–water partition coefficient (Wildman–Crippen LogP) is 3.10. The number of hydrogen-bond donors (Lipinski definition) is 3. The largest absolute Gasteiger partial charge is 0.480 e. The van der Waals surface area contributed by atoms with Gasteiger partial charge in [0.15, 0.2) is 0 Å². The van der Waals surface area contributed by atoms with Crippen LogP contribution in [0.3, 0.4) is 0 Å². The summed E-state index contributed by atoms with van der Waals surface area (Å²) >= 11 is 1.71. The van der Waals surface area contributed by atoms with Crippen LogP contribution in [0.1, 0.15) is 31.6 Å². The number of esters is 1. The van der Waals surface area contributed by atoms with Gasteiger partial charge in [-0.05, 0) is 42.5 Å². The lowest BCUT2D eigenvalue weighted by Crippen LogP contribution is -2.35. The zero-order chi connectivity index (χ0) is 18.4. The number of aliphatic carboxylic acids is 1. The van der Waals surface area contributed by atoms with Gasteiger partial charge in [-0.3, -0.25) is 9.59 Å². The third kappa shape index (κ3) is 11.3. The zero-order valence-corrected chi connectivity index (χ0v) is 14.7. The van der Waals surface area contributed by atoms with Crippen LogP contribution in [0, 0.1) is 5.41 Å². The Balaban J connectivity index is 0.000000441. The van der Waals surface area contributed by atoms with Gasteiger partial charge in [0.2, 0.25) is 0 Å². The van der Waals surface area contributed by atoms with Crippen molar-refractivity contribution in [2.24, 2.45) is 5.73 Å². The number of carboxylic acids is 1. The molecule has 1 unspecified atom stereocenters. The number of allylic oxidation sites excluding steroid dienone is 3. The first-order valence-electron chi connectivity index (χ1n) is 7.43. The Labute approximate surface area is 146 Å². The van der Waals surface area contributed by atoms with Crippen molar-refractivity contribution < 1.29 is 19.4 Å². The summed E-state index contributed by atoms with van der Waals surface area (Å²) < 4.78 is 4.56. The SMILES string of the molecule is CC(/C=C/c1cccs1)=C\C=N.CCCC(=O)OCC(N)C(=O)O. The molecule has 24 heavy (non-hydrogen) atoms. The molecule has 0 radical (unpaired) electrons. The molecule has 1 atom stereocenters. The number of thiophene rings is 1. The summed E-state index contributed by atoms with van der Waals surface area (Å²) in [6.07, 6.45) is 8.11. The minimum absolute atomic E-state index is 0.256. The van der Waals surface area contributed by atoms with Crippen LogP contribution in [0.15, 0.2) is 35.2 Å². The van der Waals surface area contributed by atoms with E-state index in [0.29, 0.717) is 12.8 Å². The number of nitrogens with one attached hydrogen (secondary N) is 1. The molecule has 6 nitrogen and oxygen atoms in total. The molecule has 0 bridgehead atoms. The molecule has 0 fully saturated rings. The third-order valence-corrected chi connectivity index (χ3v) is 3.43. The highest BCUT2D eigenvalue weighted by Gasteiger charge is 2.13. The van der Waals surface area contributed by atoms with Gasteiger partial charge < -0.3 is 21.0 Å². The second-order valence-electron chi connectivity index (χ2n) is 4.80. The van der Waals surface area contributed by atoms with Gasteiger partial charge >= 0.3 is 11.9 Å². The molecule has 132 valence electrons. The second kappa shape index (κ2) is 13.2. The summed E-state index contributed by atoms with van der Waals surface area (Å²) in [6, 6.07) is 2.98. The average Bonchev–Trinajstić information content (AvgIpc) is 3.05. The standard InChI is InChI=1S/C10H11NS.C7H13NO4/c1-9(6-7-11)4-5-10-3-2-8-12-10;1-2-3-6(9)12-4-5(8)7(10)11/h2-8,11H,1H3;5H,2-4,8H2,1H3,(H,10,11)/b5-4+,9-6+,11-7?;. The Hall–Kier alpha value is -2.25. The van der Waals surface area contributed by atoms with Gasteiger partial charge in [-0.2, -0.15) is 0 Å². The first-order valence-corrected chi connectivity index (χ1v) is 8.31. The van der Waals surface area contributed by atoms with Crippen molar-refractivity contribution in [1.29, 1.82) is 5.41 Å². The van der Waals surface area contributed by atoms with Gasteiger partial charge in [0.1, 0.15) is 12.6 Å². The monoisotopic (exact) mass is 352 g/mol. The Morgan fingerprint density at radius 2 is 2.21 bits per heavy atom. The number of hydrogen-bond acceptors (Lipinski definition) is 6. The van der Waals surface area contributed by atoms with Crippen molar-refractivity contribution >= 4 is 35.6 Å². The maximum Gasteiger partial charge on any atom is 0.324 e. The molecule has 1 aromatic heterocycles. The number of ether oxygens (including phenoxy) is 1. The van der Waals surface area contributed by atoms with Gasteiger partial charge in [-0.25, -0.2) is 0 Å². The van der Waals surface area contributed by atoms with Crippen molar-refractivity contribution in [3.05, 3.63) is 40.1 Å². The third-order valence-electron chi connectivity index (χ3n) is 2.60. The van der Waals surface area contributed by atoms with Gasteiger partial charge in [-0.1, -0.05) is 19.1 Å². The van der Waals surface area contributed by atoms with Crippen LogP contribution >= 0.6 is 11.3 Å². The molecule has 0 aliphatic heterocycles. The normalized spacial score (nSPS) is 12.2. The Kier molecular flexibility index (Phi) is 12.0. The van der Waals surface area contributed by atoms with Crippen molar-refractivity contribution in [3.8, 4) is 0 Å². The predicted molar refractivity (Wildman–Crippen MR) is 97.4 cm³/mol. The van der Waals surface area contributed by atoms with Crippen LogP contribution in [0.5, 0.6) is 0 Å². The fraction of sp³-hybridized carbons (Fsp3) is 0.353. The van der Waals surface area contributed by atoms with Crippen LogP contribution in [0.4, 0.5) is 0 Å². The highest BCUT2D eigenvalue weighted by atomic mass is 32.1. The van der Waals surface area contributed by atoms with Crippen LogP contribution in [-0.2, 0) is 14.3 Å². The summed E-state index contributed by atoms with van der Waals surface area (Å²) in [5.41, 5.74) is 6.18. The van der Waals surface area contributed by atoms with Crippen molar-refractivity contribution in [1.82, 2.24) is 0 Å². The number of carbonyl (C=O) groups is 2. The van der Waals surface area contributed by atoms with Gasteiger partial charge in [0, 0.05) is 17.5 Å². The van der Waals surface area contributed by atoms with Gasteiger partial charge in [0.05, 0.1) is 0 Å².